The molecule has 1 heterocycles. The number of hydrogen-bond acceptors (Lipinski definition) is 5. The lowest BCUT2D eigenvalue weighted by Gasteiger charge is -2.22. The van der Waals surface area contributed by atoms with Gasteiger partial charge in [0.2, 0.25) is 10.0 Å². The Kier molecular flexibility index (Phi) is 5.56. The number of halogens is 1. The summed E-state index contributed by atoms with van der Waals surface area (Å²) in [7, 11) is -3.89. The van der Waals surface area contributed by atoms with E-state index in [-0.39, 0.29) is 34.9 Å². The summed E-state index contributed by atoms with van der Waals surface area (Å²) >= 11 is 0. The highest BCUT2D eigenvalue weighted by Crippen LogP contribution is 2.36. The van der Waals surface area contributed by atoms with Crippen molar-refractivity contribution in [3.8, 4) is 0 Å². The minimum Gasteiger partial charge on any atom is -0.330 e. The highest BCUT2D eigenvalue weighted by atomic mass is 35.5. The molecule has 1 saturated heterocycles. The van der Waals surface area contributed by atoms with E-state index in [9.17, 15) is 18.5 Å². The van der Waals surface area contributed by atoms with E-state index in [4.69, 9.17) is 5.73 Å². The lowest BCUT2D eigenvalue weighted by atomic mass is 9.90. The first kappa shape index (κ1) is 18.8. The topological polar surface area (TPSA) is 107 Å². The molecule has 9 heteroatoms. The quantitative estimate of drug-likeness (QED) is 0.657. The maximum Gasteiger partial charge on any atom is 0.289 e. The molecule has 2 N–H and O–H groups in total. The molecular weight excluding hydrogens is 330 g/mol. The molecule has 1 aliphatic heterocycles. The number of nitrogens with zero attached hydrogens (tertiary/aromatic N) is 2. The molecule has 7 nitrogen and oxygen atoms in total. The molecule has 0 radical (unpaired) electrons. The van der Waals surface area contributed by atoms with Gasteiger partial charge in [-0.1, -0.05) is 19.1 Å². The zero-order chi connectivity index (χ0) is 15.8. The molecule has 1 aromatic carbocycles. The second kappa shape index (κ2) is 6.49. The van der Waals surface area contributed by atoms with Crippen LogP contribution < -0.4 is 5.73 Å². The number of sulfonamides is 1. The van der Waals surface area contributed by atoms with Crippen LogP contribution in [0.2, 0.25) is 0 Å². The molecule has 1 atom stereocenters. The smallest absolute Gasteiger partial charge is 0.289 e. The standard InChI is InChI=1S/C13H19N3O4S.ClH/c1-10-4-3-5-11(16(17)18)12(10)21(19,20)15-7-6-13(2,8-14)9-15;/h3-5H,6-9,14H2,1-2H3;1H. The fraction of sp³-hybridized carbons (Fsp3) is 0.538. The van der Waals surface area contributed by atoms with Crippen molar-refractivity contribution in [2.75, 3.05) is 19.6 Å². The van der Waals surface area contributed by atoms with E-state index in [0.717, 1.165) is 0 Å². The van der Waals surface area contributed by atoms with Crippen LogP contribution in [0.4, 0.5) is 5.69 Å². The third-order valence-electron chi connectivity index (χ3n) is 4.00. The van der Waals surface area contributed by atoms with Crippen LogP contribution in [0.1, 0.15) is 18.9 Å². The maximum absolute atomic E-state index is 12.8. The fourth-order valence-electron chi connectivity index (χ4n) is 2.60. The van der Waals surface area contributed by atoms with Crippen LogP contribution in [0.3, 0.4) is 0 Å². The van der Waals surface area contributed by atoms with Crippen molar-refractivity contribution in [2.45, 2.75) is 25.2 Å². The predicted molar refractivity (Wildman–Crippen MR) is 85.6 cm³/mol. The fourth-order valence-corrected chi connectivity index (χ4v) is 4.55. The average molecular weight is 350 g/mol. The zero-order valence-electron chi connectivity index (χ0n) is 12.5. The molecule has 1 aromatic rings. The summed E-state index contributed by atoms with van der Waals surface area (Å²) in [5, 5.41) is 11.1. The molecule has 1 fully saturated rings. The Labute approximate surface area is 136 Å². The third-order valence-corrected chi connectivity index (χ3v) is 6.04. The van der Waals surface area contributed by atoms with Gasteiger partial charge in [0.05, 0.1) is 4.92 Å². The number of nitro groups is 1. The minimum atomic E-state index is -3.89. The Balaban J connectivity index is 0.00000242. The minimum absolute atomic E-state index is 0. The second-order valence-corrected chi connectivity index (χ2v) is 7.66. The van der Waals surface area contributed by atoms with E-state index in [2.05, 4.69) is 0 Å². The van der Waals surface area contributed by atoms with E-state index < -0.39 is 14.9 Å². The van der Waals surface area contributed by atoms with Crippen molar-refractivity contribution in [1.29, 1.82) is 0 Å². The third kappa shape index (κ3) is 3.24. The maximum atomic E-state index is 12.8. The summed E-state index contributed by atoms with van der Waals surface area (Å²) in [6, 6.07) is 4.27. The van der Waals surface area contributed by atoms with Crippen LogP contribution in [0, 0.1) is 22.5 Å². The Morgan fingerprint density at radius 3 is 2.59 bits per heavy atom. The Hall–Kier alpha value is -1.22. The molecule has 2 rings (SSSR count). The van der Waals surface area contributed by atoms with Gasteiger partial charge in [0.25, 0.3) is 5.69 Å². The summed E-state index contributed by atoms with van der Waals surface area (Å²) < 4.78 is 26.8. The van der Waals surface area contributed by atoms with Gasteiger partial charge in [-0.3, -0.25) is 10.1 Å². The summed E-state index contributed by atoms with van der Waals surface area (Å²) in [4.78, 5) is 10.3. The largest absolute Gasteiger partial charge is 0.330 e. The van der Waals surface area contributed by atoms with E-state index in [1.807, 2.05) is 6.92 Å². The SMILES string of the molecule is Cc1cccc([N+](=O)[O-])c1S(=O)(=O)N1CCC(C)(CN)C1.Cl. The first-order chi connectivity index (χ1) is 9.71. The predicted octanol–water partition coefficient (Wildman–Crippen LogP) is 1.68. The molecule has 0 aromatic heterocycles. The van der Waals surface area contributed by atoms with Gasteiger partial charge in [-0.2, -0.15) is 4.31 Å². The van der Waals surface area contributed by atoms with Gasteiger partial charge in [-0.05, 0) is 30.9 Å². The highest BCUT2D eigenvalue weighted by molar-refractivity contribution is 7.89. The van der Waals surface area contributed by atoms with Gasteiger partial charge in [0, 0.05) is 19.2 Å². The van der Waals surface area contributed by atoms with Crippen LogP contribution in [-0.4, -0.2) is 37.3 Å². The number of nitro benzene ring substituents is 1. The van der Waals surface area contributed by atoms with E-state index in [1.165, 1.54) is 16.4 Å². The number of nitrogens with two attached hydrogens (primary N) is 1. The molecule has 0 amide bonds. The molecule has 0 saturated carbocycles. The molecule has 1 unspecified atom stereocenters. The van der Waals surface area contributed by atoms with E-state index >= 15 is 0 Å². The lowest BCUT2D eigenvalue weighted by molar-refractivity contribution is -0.387. The van der Waals surface area contributed by atoms with Gasteiger partial charge in [-0.15, -0.1) is 12.4 Å². The van der Waals surface area contributed by atoms with Crippen LogP contribution >= 0.6 is 12.4 Å². The van der Waals surface area contributed by atoms with E-state index in [1.54, 1.807) is 13.0 Å². The van der Waals surface area contributed by atoms with Gasteiger partial charge in [0.15, 0.2) is 4.90 Å². The lowest BCUT2D eigenvalue weighted by Crippen LogP contribution is -2.35. The molecule has 1 aliphatic rings. The first-order valence-electron chi connectivity index (χ1n) is 6.65. The number of hydrogen-bond donors (Lipinski definition) is 1. The second-order valence-electron chi connectivity index (χ2n) is 5.78. The van der Waals surface area contributed by atoms with E-state index in [0.29, 0.717) is 25.1 Å². The molecule has 0 aliphatic carbocycles. The monoisotopic (exact) mass is 349 g/mol. The van der Waals surface area contributed by atoms with Crippen LogP contribution in [-0.2, 0) is 10.0 Å². The van der Waals surface area contributed by atoms with Gasteiger partial charge in [-0.25, -0.2) is 8.42 Å². The molecule has 124 valence electrons. The zero-order valence-corrected chi connectivity index (χ0v) is 14.1. The Morgan fingerprint density at radius 2 is 2.09 bits per heavy atom. The first-order valence-corrected chi connectivity index (χ1v) is 8.09. The van der Waals surface area contributed by atoms with Gasteiger partial charge < -0.3 is 5.73 Å². The summed E-state index contributed by atoms with van der Waals surface area (Å²) in [5.74, 6) is 0. The number of aryl methyl sites for hydroxylation is 1. The van der Waals surface area contributed by atoms with Crippen molar-refractivity contribution in [2.24, 2.45) is 11.1 Å². The van der Waals surface area contributed by atoms with Crippen molar-refractivity contribution in [3.63, 3.8) is 0 Å². The van der Waals surface area contributed by atoms with Gasteiger partial charge >= 0.3 is 0 Å². The van der Waals surface area contributed by atoms with Crippen LogP contribution in [0.25, 0.3) is 0 Å². The van der Waals surface area contributed by atoms with Crippen molar-refractivity contribution in [3.05, 3.63) is 33.9 Å². The van der Waals surface area contributed by atoms with Crippen molar-refractivity contribution >= 4 is 28.1 Å². The van der Waals surface area contributed by atoms with Gasteiger partial charge in [0.1, 0.15) is 0 Å². The summed E-state index contributed by atoms with van der Waals surface area (Å²) in [6.45, 7) is 4.50. The van der Waals surface area contributed by atoms with Crippen molar-refractivity contribution in [1.82, 2.24) is 4.31 Å². The highest BCUT2D eigenvalue weighted by Gasteiger charge is 2.41. The van der Waals surface area contributed by atoms with Crippen LogP contribution in [0.5, 0.6) is 0 Å². The van der Waals surface area contributed by atoms with Crippen molar-refractivity contribution < 1.29 is 13.3 Å². The Bertz CT molecular complexity index is 680. The van der Waals surface area contributed by atoms with Crippen LogP contribution in [0.15, 0.2) is 23.1 Å². The summed E-state index contributed by atoms with van der Waals surface area (Å²) in [5.41, 5.74) is 5.42. The normalized spacial score (nSPS) is 22.3. The molecule has 0 bridgehead atoms. The average Bonchev–Trinajstić information content (AvgIpc) is 2.82. The molecular formula is C13H20ClN3O4S. The molecule has 0 spiro atoms. The number of benzene rings is 1. The molecule has 22 heavy (non-hydrogen) atoms. The number of rotatable bonds is 4. The summed E-state index contributed by atoms with van der Waals surface area (Å²) in [6.07, 6.45) is 0.655. The Morgan fingerprint density at radius 1 is 1.45 bits per heavy atom.